The van der Waals surface area contributed by atoms with Gasteiger partial charge in [-0.2, -0.15) is 0 Å². The van der Waals surface area contributed by atoms with E-state index in [4.69, 9.17) is 0 Å². The van der Waals surface area contributed by atoms with Crippen molar-refractivity contribution in [2.45, 2.75) is 37.1 Å². The van der Waals surface area contributed by atoms with Crippen LogP contribution in [0, 0.1) is 0 Å². The van der Waals surface area contributed by atoms with Gasteiger partial charge in [0.2, 0.25) is 0 Å². The molecule has 2 aliphatic rings. The van der Waals surface area contributed by atoms with Crippen LogP contribution in [0.1, 0.15) is 37.2 Å². The van der Waals surface area contributed by atoms with Crippen LogP contribution in [0.2, 0.25) is 0 Å². The molecule has 2 fully saturated rings. The molecule has 1 aliphatic carbocycles. The fourth-order valence-electron chi connectivity index (χ4n) is 3.23. The predicted octanol–water partition coefficient (Wildman–Crippen LogP) is 1.02. The van der Waals surface area contributed by atoms with Crippen LogP contribution in [0.25, 0.3) is 0 Å². The third-order valence-electron chi connectivity index (χ3n) is 4.02. The minimum Gasteiger partial charge on any atom is -0.303 e. The van der Waals surface area contributed by atoms with Crippen LogP contribution < -0.4 is 10.6 Å². The molecular weight excluding hydrogens is 200 g/mol. The molecule has 1 spiro atoms. The monoisotopic (exact) mass is 218 g/mol. The summed E-state index contributed by atoms with van der Waals surface area (Å²) in [5.41, 5.74) is 1.54. The molecule has 2 heterocycles. The summed E-state index contributed by atoms with van der Waals surface area (Å²) < 4.78 is 0. The highest BCUT2D eigenvalue weighted by atomic mass is 15.2. The summed E-state index contributed by atoms with van der Waals surface area (Å²) in [7, 11) is 0. The van der Waals surface area contributed by atoms with Crippen LogP contribution in [-0.2, 0) is 0 Å². The Labute approximate surface area is 95.9 Å². The van der Waals surface area contributed by atoms with Gasteiger partial charge in [-0.15, -0.1) is 0 Å². The quantitative estimate of drug-likeness (QED) is 0.739. The molecule has 2 unspecified atom stereocenters. The van der Waals surface area contributed by atoms with E-state index in [2.05, 4.69) is 20.6 Å². The lowest BCUT2D eigenvalue weighted by Gasteiger charge is -2.41. The summed E-state index contributed by atoms with van der Waals surface area (Å²) in [6.45, 7) is 2.01. The van der Waals surface area contributed by atoms with Crippen LogP contribution in [0.15, 0.2) is 18.7 Å². The van der Waals surface area contributed by atoms with Gasteiger partial charge >= 0.3 is 0 Å². The van der Waals surface area contributed by atoms with Crippen LogP contribution >= 0.6 is 0 Å². The first-order valence-corrected chi connectivity index (χ1v) is 6.11. The summed E-state index contributed by atoms with van der Waals surface area (Å²) in [5.74, 6) is 0.567. The smallest absolute Gasteiger partial charge is 0.115 e. The Morgan fingerprint density at radius 2 is 2.12 bits per heavy atom. The van der Waals surface area contributed by atoms with Crippen molar-refractivity contribution in [1.82, 2.24) is 20.6 Å². The van der Waals surface area contributed by atoms with Crippen molar-refractivity contribution < 1.29 is 0 Å². The van der Waals surface area contributed by atoms with E-state index in [0.29, 0.717) is 5.92 Å². The van der Waals surface area contributed by atoms with Gasteiger partial charge in [-0.1, -0.05) is 12.8 Å². The summed E-state index contributed by atoms with van der Waals surface area (Å²) >= 11 is 0. The first kappa shape index (κ1) is 10.2. The van der Waals surface area contributed by atoms with Crippen LogP contribution in [0.5, 0.6) is 0 Å². The van der Waals surface area contributed by atoms with Crippen molar-refractivity contribution in [3.8, 4) is 0 Å². The molecular formula is C12H18N4. The molecule has 0 aromatic carbocycles. The lowest BCUT2D eigenvalue weighted by Crippen LogP contribution is -2.50. The van der Waals surface area contributed by atoms with Crippen molar-refractivity contribution in [1.29, 1.82) is 0 Å². The molecule has 4 nitrogen and oxygen atoms in total. The van der Waals surface area contributed by atoms with Gasteiger partial charge < -0.3 is 5.32 Å². The zero-order valence-electron chi connectivity index (χ0n) is 9.45. The van der Waals surface area contributed by atoms with E-state index >= 15 is 0 Å². The maximum atomic E-state index is 4.16. The van der Waals surface area contributed by atoms with Gasteiger partial charge in [-0.25, -0.2) is 9.97 Å². The highest BCUT2D eigenvalue weighted by Gasteiger charge is 2.43. The maximum absolute atomic E-state index is 4.16. The summed E-state index contributed by atoms with van der Waals surface area (Å²) in [5, 5.41) is 7.08. The second-order valence-corrected chi connectivity index (χ2v) is 4.91. The number of aromatic nitrogens is 2. The average molecular weight is 218 g/mol. The number of hydrogen-bond donors (Lipinski definition) is 2. The fraction of sp³-hybridized carbons (Fsp3) is 0.667. The Bertz CT molecular complexity index is 345. The molecule has 1 aromatic heterocycles. The second-order valence-electron chi connectivity index (χ2n) is 4.91. The average Bonchev–Trinajstić information content (AvgIpc) is 2.80. The highest BCUT2D eigenvalue weighted by Crippen LogP contribution is 2.41. The van der Waals surface area contributed by atoms with Crippen molar-refractivity contribution in [2.24, 2.45) is 0 Å². The van der Waals surface area contributed by atoms with Gasteiger partial charge in [0.1, 0.15) is 6.33 Å². The van der Waals surface area contributed by atoms with Gasteiger partial charge in [-0.3, -0.25) is 5.32 Å². The Balaban J connectivity index is 1.91. The molecule has 86 valence electrons. The molecule has 1 aromatic rings. The maximum Gasteiger partial charge on any atom is 0.115 e. The second kappa shape index (κ2) is 4.11. The lowest BCUT2D eigenvalue weighted by atomic mass is 9.70. The van der Waals surface area contributed by atoms with Crippen molar-refractivity contribution in [2.75, 3.05) is 13.2 Å². The van der Waals surface area contributed by atoms with E-state index in [1.54, 1.807) is 6.33 Å². The molecule has 4 heteroatoms. The molecule has 1 saturated heterocycles. The zero-order chi connectivity index (χ0) is 10.8. The van der Waals surface area contributed by atoms with Gasteiger partial charge in [-0.05, 0) is 18.4 Å². The van der Waals surface area contributed by atoms with E-state index in [1.807, 2.05) is 12.4 Å². The van der Waals surface area contributed by atoms with Crippen LogP contribution in [-0.4, -0.2) is 28.7 Å². The summed E-state index contributed by atoms with van der Waals surface area (Å²) in [6.07, 6.45) is 10.7. The Kier molecular flexibility index (Phi) is 2.61. The molecule has 16 heavy (non-hydrogen) atoms. The summed E-state index contributed by atoms with van der Waals surface area (Å²) in [6, 6.07) is 0. The molecule has 0 amide bonds. The van der Waals surface area contributed by atoms with E-state index in [9.17, 15) is 0 Å². The number of rotatable bonds is 1. The van der Waals surface area contributed by atoms with E-state index in [0.717, 1.165) is 13.2 Å². The van der Waals surface area contributed by atoms with Crippen molar-refractivity contribution >= 4 is 0 Å². The minimum atomic E-state index is 0.253. The lowest BCUT2D eigenvalue weighted by molar-refractivity contribution is 0.235. The third-order valence-corrected chi connectivity index (χ3v) is 4.02. The molecule has 0 radical (unpaired) electrons. The summed E-state index contributed by atoms with van der Waals surface area (Å²) in [4.78, 5) is 8.31. The largest absolute Gasteiger partial charge is 0.303 e. The van der Waals surface area contributed by atoms with E-state index < -0.39 is 0 Å². The topological polar surface area (TPSA) is 49.8 Å². The standard InChI is InChI=1S/C12H18N4/c1-2-4-12(7-15-9-16-12)11(3-1)10-5-13-8-14-6-10/h5-6,8,11,15-16H,1-4,7,9H2. The predicted molar refractivity (Wildman–Crippen MR) is 62.0 cm³/mol. The number of nitrogens with one attached hydrogen (secondary N) is 2. The molecule has 2 atom stereocenters. The minimum absolute atomic E-state index is 0.253. The van der Waals surface area contributed by atoms with Crippen molar-refractivity contribution in [3.63, 3.8) is 0 Å². The SMILES string of the molecule is c1ncc(C2CCCCC23CNCN3)cn1. The molecule has 1 aliphatic heterocycles. The van der Waals surface area contributed by atoms with Gasteiger partial charge in [0.05, 0.1) is 0 Å². The fourth-order valence-corrected chi connectivity index (χ4v) is 3.23. The first-order chi connectivity index (χ1) is 7.91. The van der Waals surface area contributed by atoms with Crippen LogP contribution in [0.4, 0.5) is 0 Å². The Morgan fingerprint density at radius 3 is 2.88 bits per heavy atom. The molecule has 3 rings (SSSR count). The molecule has 0 bridgehead atoms. The molecule has 2 N–H and O–H groups in total. The van der Waals surface area contributed by atoms with Crippen molar-refractivity contribution in [3.05, 3.63) is 24.3 Å². The third kappa shape index (κ3) is 1.62. The number of hydrogen-bond acceptors (Lipinski definition) is 4. The zero-order valence-corrected chi connectivity index (χ0v) is 9.45. The van der Waals surface area contributed by atoms with Gasteiger partial charge in [0.15, 0.2) is 0 Å². The number of nitrogens with zero attached hydrogens (tertiary/aromatic N) is 2. The van der Waals surface area contributed by atoms with Crippen LogP contribution in [0.3, 0.4) is 0 Å². The first-order valence-electron chi connectivity index (χ1n) is 6.11. The Hall–Kier alpha value is -1.00. The normalized spacial score (nSPS) is 34.4. The van der Waals surface area contributed by atoms with Gasteiger partial charge in [0, 0.05) is 37.1 Å². The van der Waals surface area contributed by atoms with E-state index in [-0.39, 0.29) is 5.54 Å². The highest BCUT2D eigenvalue weighted by molar-refractivity contribution is 5.21. The van der Waals surface area contributed by atoms with E-state index in [1.165, 1.54) is 31.2 Å². The Morgan fingerprint density at radius 1 is 1.25 bits per heavy atom. The molecule has 1 saturated carbocycles. The van der Waals surface area contributed by atoms with Gasteiger partial charge in [0.25, 0.3) is 0 Å².